The Kier molecular flexibility index (Phi) is 3.30. The summed E-state index contributed by atoms with van der Waals surface area (Å²) in [5.74, 6) is -0.0974. The van der Waals surface area contributed by atoms with Crippen molar-refractivity contribution in [2.24, 2.45) is 7.05 Å². The molecule has 2 rings (SSSR count). The molecule has 2 aromatic heterocycles. The first-order valence-electron chi connectivity index (χ1n) is 5.01. The molecule has 0 saturated carbocycles. The molecular formula is C10H9ClN6O. The van der Waals surface area contributed by atoms with E-state index in [1.807, 2.05) is 6.07 Å². The fourth-order valence-electron chi connectivity index (χ4n) is 1.38. The zero-order valence-electron chi connectivity index (χ0n) is 9.46. The van der Waals surface area contributed by atoms with Gasteiger partial charge in [-0.05, 0) is 0 Å². The first-order valence-corrected chi connectivity index (χ1v) is 5.39. The first-order chi connectivity index (χ1) is 8.60. The highest BCUT2D eigenvalue weighted by molar-refractivity contribution is 6.34. The number of anilines is 1. The normalized spacial score (nSPS) is 10.1. The summed E-state index contributed by atoms with van der Waals surface area (Å²) < 4.78 is 2.86. The Bertz CT molecular complexity index is 623. The van der Waals surface area contributed by atoms with Crippen molar-refractivity contribution in [3.63, 3.8) is 0 Å². The molecule has 1 amide bonds. The number of carbonyl (C=O) groups excluding carboxylic acids is 1. The zero-order valence-corrected chi connectivity index (χ0v) is 10.2. The van der Waals surface area contributed by atoms with E-state index < -0.39 is 5.91 Å². The molecule has 0 spiro atoms. The highest BCUT2D eigenvalue weighted by atomic mass is 35.5. The number of aryl methyl sites for hydroxylation is 1. The van der Waals surface area contributed by atoms with E-state index in [1.54, 1.807) is 19.3 Å². The molecule has 0 aromatic carbocycles. The average molecular weight is 265 g/mol. The van der Waals surface area contributed by atoms with Crippen LogP contribution in [-0.2, 0) is 13.6 Å². The molecule has 0 aliphatic heterocycles. The smallest absolute Gasteiger partial charge is 0.278 e. The fraction of sp³-hybridized carbons (Fsp3) is 0.200. The van der Waals surface area contributed by atoms with Gasteiger partial charge in [-0.3, -0.25) is 14.2 Å². The molecule has 7 nitrogen and oxygen atoms in total. The summed E-state index contributed by atoms with van der Waals surface area (Å²) in [5.41, 5.74) is 0.133. The maximum absolute atomic E-state index is 11.8. The van der Waals surface area contributed by atoms with Crippen LogP contribution in [0.5, 0.6) is 0 Å². The summed E-state index contributed by atoms with van der Waals surface area (Å²) in [7, 11) is 1.67. The molecule has 2 heterocycles. The first kappa shape index (κ1) is 12.1. The third kappa shape index (κ3) is 2.49. The maximum atomic E-state index is 11.8. The summed E-state index contributed by atoms with van der Waals surface area (Å²) in [6.07, 6.45) is 3.13. The van der Waals surface area contributed by atoms with Crippen LogP contribution >= 0.6 is 11.6 Å². The Balaban J connectivity index is 2.11. The van der Waals surface area contributed by atoms with Crippen LogP contribution < -0.4 is 5.32 Å². The molecular weight excluding hydrogens is 256 g/mol. The van der Waals surface area contributed by atoms with Gasteiger partial charge >= 0.3 is 0 Å². The number of nitriles is 1. The summed E-state index contributed by atoms with van der Waals surface area (Å²) in [6.45, 7) is 0.125. The molecule has 0 aliphatic carbocycles. The number of hydrogen-bond acceptors (Lipinski definition) is 4. The van der Waals surface area contributed by atoms with E-state index in [0.717, 1.165) is 0 Å². The van der Waals surface area contributed by atoms with Gasteiger partial charge in [0.25, 0.3) is 5.91 Å². The van der Waals surface area contributed by atoms with Crippen molar-refractivity contribution in [2.45, 2.75) is 6.54 Å². The number of carbonyl (C=O) groups is 1. The molecule has 0 aliphatic rings. The SMILES string of the molecule is Cn1cc(Cl)c(C(=O)Nc2ccn(CC#N)n2)n1. The molecule has 18 heavy (non-hydrogen) atoms. The van der Waals surface area contributed by atoms with Gasteiger partial charge < -0.3 is 5.32 Å². The van der Waals surface area contributed by atoms with Crippen molar-refractivity contribution in [2.75, 3.05) is 5.32 Å². The maximum Gasteiger partial charge on any atom is 0.278 e. The van der Waals surface area contributed by atoms with Gasteiger partial charge in [0.1, 0.15) is 6.54 Å². The van der Waals surface area contributed by atoms with Crippen LogP contribution in [0.1, 0.15) is 10.5 Å². The minimum Gasteiger partial charge on any atom is -0.304 e. The summed E-state index contributed by atoms with van der Waals surface area (Å²) >= 11 is 5.85. The Morgan fingerprint density at radius 3 is 3.00 bits per heavy atom. The lowest BCUT2D eigenvalue weighted by atomic mass is 10.4. The van der Waals surface area contributed by atoms with Gasteiger partial charge in [-0.2, -0.15) is 15.5 Å². The van der Waals surface area contributed by atoms with E-state index in [9.17, 15) is 4.79 Å². The van der Waals surface area contributed by atoms with Crippen molar-refractivity contribution in [3.8, 4) is 6.07 Å². The number of hydrogen-bond donors (Lipinski definition) is 1. The summed E-state index contributed by atoms with van der Waals surface area (Å²) in [5, 5.41) is 19.2. The van der Waals surface area contributed by atoms with Crippen LogP contribution in [0.3, 0.4) is 0 Å². The number of nitrogens with zero attached hydrogens (tertiary/aromatic N) is 5. The number of rotatable bonds is 3. The largest absolute Gasteiger partial charge is 0.304 e. The van der Waals surface area contributed by atoms with Gasteiger partial charge in [0.05, 0.1) is 11.1 Å². The molecule has 92 valence electrons. The van der Waals surface area contributed by atoms with Gasteiger partial charge in [-0.1, -0.05) is 11.6 Å². The Hall–Kier alpha value is -2.33. The standard InChI is InChI=1S/C10H9ClN6O/c1-16-6-7(11)9(15-16)10(18)13-8-2-4-17(14-8)5-3-12/h2,4,6H,5H2,1H3,(H,13,14,18). The number of aromatic nitrogens is 4. The zero-order chi connectivity index (χ0) is 13.1. The lowest BCUT2D eigenvalue weighted by molar-refractivity contribution is 0.102. The van der Waals surface area contributed by atoms with Crippen molar-refractivity contribution in [1.29, 1.82) is 5.26 Å². The van der Waals surface area contributed by atoms with Gasteiger partial charge in [0.2, 0.25) is 0 Å². The minimum atomic E-state index is -0.442. The second-order valence-electron chi connectivity index (χ2n) is 3.51. The highest BCUT2D eigenvalue weighted by Crippen LogP contribution is 2.14. The molecule has 0 atom stereocenters. The number of nitrogens with one attached hydrogen (secondary N) is 1. The third-order valence-electron chi connectivity index (χ3n) is 2.11. The van der Waals surface area contributed by atoms with E-state index in [2.05, 4.69) is 15.5 Å². The van der Waals surface area contributed by atoms with Gasteiger partial charge in [0.15, 0.2) is 11.5 Å². The Morgan fingerprint density at radius 1 is 1.61 bits per heavy atom. The lowest BCUT2D eigenvalue weighted by Crippen LogP contribution is -2.14. The molecule has 0 fully saturated rings. The Labute approximate surface area is 108 Å². The molecule has 0 unspecified atom stereocenters. The molecule has 1 N–H and O–H groups in total. The topological polar surface area (TPSA) is 88.5 Å². The fourth-order valence-corrected chi connectivity index (χ4v) is 1.64. The van der Waals surface area contributed by atoms with E-state index in [-0.39, 0.29) is 17.3 Å². The van der Waals surface area contributed by atoms with Crippen molar-refractivity contribution >= 4 is 23.3 Å². The van der Waals surface area contributed by atoms with Crippen molar-refractivity contribution in [3.05, 3.63) is 29.2 Å². The molecule has 2 aromatic rings. The van der Waals surface area contributed by atoms with Crippen LogP contribution in [0.2, 0.25) is 5.02 Å². The predicted octanol–water partition coefficient (Wildman–Crippen LogP) is 1.05. The molecule has 0 bridgehead atoms. The van der Waals surface area contributed by atoms with Crippen LogP contribution in [0, 0.1) is 11.3 Å². The quantitative estimate of drug-likeness (QED) is 0.897. The van der Waals surface area contributed by atoms with Crippen LogP contribution in [-0.4, -0.2) is 25.5 Å². The second kappa shape index (κ2) is 4.89. The summed E-state index contributed by atoms with van der Waals surface area (Å²) in [6, 6.07) is 3.54. The van der Waals surface area contributed by atoms with Crippen LogP contribution in [0.4, 0.5) is 5.82 Å². The second-order valence-corrected chi connectivity index (χ2v) is 3.92. The van der Waals surface area contributed by atoms with E-state index in [0.29, 0.717) is 5.82 Å². The van der Waals surface area contributed by atoms with E-state index >= 15 is 0 Å². The average Bonchev–Trinajstić information content (AvgIpc) is 2.86. The molecule has 0 radical (unpaired) electrons. The molecule has 0 saturated heterocycles. The van der Waals surface area contributed by atoms with Gasteiger partial charge in [-0.15, -0.1) is 0 Å². The predicted molar refractivity (Wildman–Crippen MR) is 64.0 cm³/mol. The number of halogens is 1. The van der Waals surface area contributed by atoms with Crippen LogP contribution in [0.15, 0.2) is 18.5 Å². The van der Waals surface area contributed by atoms with Gasteiger partial charge in [0, 0.05) is 25.5 Å². The molecule has 8 heteroatoms. The van der Waals surface area contributed by atoms with Crippen molar-refractivity contribution in [1.82, 2.24) is 19.6 Å². The Morgan fingerprint density at radius 2 is 2.39 bits per heavy atom. The summed E-state index contributed by atoms with van der Waals surface area (Å²) in [4.78, 5) is 11.8. The van der Waals surface area contributed by atoms with Crippen molar-refractivity contribution < 1.29 is 4.79 Å². The number of amides is 1. The third-order valence-corrected chi connectivity index (χ3v) is 2.39. The monoisotopic (exact) mass is 264 g/mol. The van der Waals surface area contributed by atoms with E-state index in [1.165, 1.54) is 15.6 Å². The highest BCUT2D eigenvalue weighted by Gasteiger charge is 2.15. The van der Waals surface area contributed by atoms with Gasteiger partial charge in [-0.25, -0.2) is 0 Å². The van der Waals surface area contributed by atoms with E-state index in [4.69, 9.17) is 16.9 Å². The minimum absolute atomic E-state index is 0.125. The van der Waals surface area contributed by atoms with Crippen LogP contribution in [0.25, 0.3) is 0 Å². The lowest BCUT2D eigenvalue weighted by Gasteiger charge is -1.98.